The Hall–Kier alpha value is -0.610. The van der Waals surface area contributed by atoms with Gasteiger partial charge in [0.25, 0.3) is 0 Å². The Morgan fingerprint density at radius 2 is 2.11 bits per heavy atom. The Kier molecular flexibility index (Phi) is 5.22. The average molecular weight is 268 g/mol. The van der Waals surface area contributed by atoms with E-state index in [4.69, 9.17) is 4.74 Å². The Labute approximate surface area is 116 Å². The molecule has 1 saturated carbocycles. The van der Waals surface area contributed by atoms with Crippen molar-refractivity contribution in [3.63, 3.8) is 0 Å². The van der Waals surface area contributed by atoms with Gasteiger partial charge in [-0.1, -0.05) is 13.8 Å². The topological polar surface area (TPSA) is 41.6 Å². The fourth-order valence-electron chi connectivity index (χ4n) is 3.04. The van der Waals surface area contributed by atoms with Crippen LogP contribution >= 0.6 is 0 Å². The fraction of sp³-hybridized carbons (Fsp3) is 0.933. The number of hydrogen-bond acceptors (Lipinski definition) is 4. The second-order valence-corrected chi connectivity index (χ2v) is 6.19. The van der Waals surface area contributed by atoms with Crippen molar-refractivity contribution in [2.75, 3.05) is 19.7 Å². The Balaban J connectivity index is 1.92. The van der Waals surface area contributed by atoms with Crippen molar-refractivity contribution in [2.24, 2.45) is 5.92 Å². The fourth-order valence-corrected chi connectivity index (χ4v) is 3.04. The Bertz CT molecular complexity index is 303. The van der Waals surface area contributed by atoms with Crippen LogP contribution in [0.25, 0.3) is 0 Å². The highest BCUT2D eigenvalue weighted by molar-refractivity contribution is 5.76. The van der Waals surface area contributed by atoms with E-state index in [1.165, 1.54) is 25.7 Å². The van der Waals surface area contributed by atoms with Crippen molar-refractivity contribution in [1.29, 1.82) is 0 Å². The van der Waals surface area contributed by atoms with Gasteiger partial charge in [-0.05, 0) is 45.1 Å². The second kappa shape index (κ2) is 6.71. The van der Waals surface area contributed by atoms with E-state index in [0.717, 1.165) is 13.1 Å². The molecule has 2 aliphatic rings. The van der Waals surface area contributed by atoms with E-state index in [-0.39, 0.29) is 12.0 Å². The van der Waals surface area contributed by atoms with E-state index in [1.54, 1.807) is 0 Å². The molecule has 4 nitrogen and oxygen atoms in total. The molecule has 0 amide bonds. The summed E-state index contributed by atoms with van der Waals surface area (Å²) in [6.45, 7) is 8.81. The zero-order chi connectivity index (χ0) is 13.8. The molecule has 0 aromatic carbocycles. The molecule has 1 saturated heterocycles. The molecule has 19 heavy (non-hydrogen) atoms. The minimum atomic E-state index is -0.146. The number of nitrogens with zero attached hydrogens (tertiary/aromatic N) is 1. The summed E-state index contributed by atoms with van der Waals surface area (Å²) < 4.78 is 5.21. The summed E-state index contributed by atoms with van der Waals surface area (Å²) in [6, 6.07) is 1.01. The third kappa shape index (κ3) is 4.18. The predicted octanol–water partition coefficient (Wildman–Crippen LogP) is 1.79. The number of rotatable bonds is 7. The van der Waals surface area contributed by atoms with Gasteiger partial charge in [0.05, 0.1) is 6.61 Å². The lowest BCUT2D eigenvalue weighted by molar-refractivity contribution is -0.146. The third-order valence-electron chi connectivity index (χ3n) is 4.19. The Morgan fingerprint density at radius 3 is 2.68 bits per heavy atom. The SMILES string of the molecule is CCOC(=O)C(CN1CCCC1C(C)C)NC1CC1. The number of carbonyl (C=O) groups excluding carboxylic acids is 1. The smallest absolute Gasteiger partial charge is 0.324 e. The van der Waals surface area contributed by atoms with Crippen LogP contribution in [0.3, 0.4) is 0 Å². The molecule has 1 N–H and O–H groups in total. The van der Waals surface area contributed by atoms with Crippen LogP contribution in [-0.2, 0) is 9.53 Å². The summed E-state index contributed by atoms with van der Waals surface area (Å²) in [7, 11) is 0. The molecule has 2 rings (SSSR count). The molecule has 0 bridgehead atoms. The molecule has 2 unspecified atom stereocenters. The first-order chi connectivity index (χ1) is 9.11. The lowest BCUT2D eigenvalue weighted by atomic mass is 10.0. The molecule has 1 aliphatic heterocycles. The minimum Gasteiger partial charge on any atom is -0.465 e. The van der Waals surface area contributed by atoms with E-state index in [0.29, 0.717) is 24.6 Å². The van der Waals surface area contributed by atoms with Crippen LogP contribution in [0.15, 0.2) is 0 Å². The van der Waals surface area contributed by atoms with Gasteiger partial charge in [0.2, 0.25) is 0 Å². The number of ether oxygens (including phenoxy) is 1. The molecule has 0 radical (unpaired) electrons. The average Bonchev–Trinajstić information content (AvgIpc) is 3.04. The number of likely N-dealkylation sites (tertiary alicyclic amines) is 1. The van der Waals surface area contributed by atoms with E-state index in [9.17, 15) is 4.79 Å². The largest absolute Gasteiger partial charge is 0.465 e. The van der Waals surface area contributed by atoms with Gasteiger partial charge < -0.3 is 10.1 Å². The van der Waals surface area contributed by atoms with Crippen molar-refractivity contribution in [2.45, 2.75) is 64.6 Å². The maximum absolute atomic E-state index is 12.1. The predicted molar refractivity (Wildman–Crippen MR) is 76.0 cm³/mol. The molecule has 2 fully saturated rings. The molecular formula is C15H28N2O2. The number of hydrogen-bond donors (Lipinski definition) is 1. The van der Waals surface area contributed by atoms with Crippen LogP contribution in [0.4, 0.5) is 0 Å². The number of nitrogens with one attached hydrogen (secondary N) is 1. The molecule has 4 heteroatoms. The lowest BCUT2D eigenvalue weighted by Crippen LogP contribution is -2.49. The maximum Gasteiger partial charge on any atom is 0.324 e. The second-order valence-electron chi connectivity index (χ2n) is 6.19. The first-order valence-corrected chi connectivity index (χ1v) is 7.78. The van der Waals surface area contributed by atoms with Gasteiger partial charge in [-0.15, -0.1) is 0 Å². The van der Waals surface area contributed by atoms with Gasteiger partial charge >= 0.3 is 5.97 Å². The molecule has 0 spiro atoms. The summed E-state index contributed by atoms with van der Waals surface area (Å²) in [6.07, 6.45) is 4.91. The van der Waals surface area contributed by atoms with Gasteiger partial charge in [-0.2, -0.15) is 0 Å². The van der Waals surface area contributed by atoms with Gasteiger partial charge in [-0.3, -0.25) is 9.69 Å². The molecule has 1 heterocycles. The maximum atomic E-state index is 12.1. The summed E-state index contributed by atoms with van der Waals surface area (Å²) in [5, 5.41) is 3.45. The highest BCUT2D eigenvalue weighted by atomic mass is 16.5. The standard InChI is InChI=1S/C15H28N2O2/c1-4-19-15(18)13(16-12-7-8-12)10-17-9-5-6-14(17)11(2)3/h11-14,16H,4-10H2,1-3H3. The summed E-state index contributed by atoms with van der Waals surface area (Å²) in [5.74, 6) is 0.579. The Morgan fingerprint density at radius 1 is 1.37 bits per heavy atom. The lowest BCUT2D eigenvalue weighted by Gasteiger charge is -2.30. The van der Waals surface area contributed by atoms with Crippen LogP contribution in [-0.4, -0.2) is 48.7 Å². The molecular weight excluding hydrogens is 240 g/mol. The normalized spacial score (nSPS) is 25.8. The first kappa shape index (κ1) is 14.8. The van der Waals surface area contributed by atoms with Gasteiger partial charge in [0.1, 0.15) is 6.04 Å². The zero-order valence-electron chi connectivity index (χ0n) is 12.5. The van der Waals surface area contributed by atoms with Gasteiger partial charge in [0.15, 0.2) is 0 Å². The van der Waals surface area contributed by atoms with Crippen LogP contribution in [0.2, 0.25) is 0 Å². The number of carbonyl (C=O) groups is 1. The van der Waals surface area contributed by atoms with Crippen molar-refractivity contribution in [1.82, 2.24) is 10.2 Å². The van der Waals surface area contributed by atoms with E-state index in [1.807, 2.05) is 6.92 Å². The summed E-state index contributed by atoms with van der Waals surface area (Å²) >= 11 is 0. The van der Waals surface area contributed by atoms with Crippen molar-refractivity contribution >= 4 is 5.97 Å². The molecule has 0 aromatic heterocycles. The first-order valence-electron chi connectivity index (χ1n) is 7.78. The van der Waals surface area contributed by atoms with Gasteiger partial charge in [0, 0.05) is 18.6 Å². The molecule has 1 aliphatic carbocycles. The highest BCUT2D eigenvalue weighted by Crippen LogP contribution is 2.25. The quantitative estimate of drug-likeness (QED) is 0.715. The summed E-state index contributed by atoms with van der Waals surface area (Å²) in [5.41, 5.74) is 0. The molecule has 110 valence electrons. The number of esters is 1. The van der Waals surface area contributed by atoms with E-state index >= 15 is 0 Å². The van der Waals surface area contributed by atoms with Crippen LogP contribution < -0.4 is 5.32 Å². The van der Waals surface area contributed by atoms with E-state index < -0.39 is 0 Å². The summed E-state index contributed by atoms with van der Waals surface area (Å²) in [4.78, 5) is 14.5. The van der Waals surface area contributed by atoms with Crippen LogP contribution in [0, 0.1) is 5.92 Å². The molecule has 0 aromatic rings. The van der Waals surface area contributed by atoms with Crippen molar-refractivity contribution in [3.05, 3.63) is 0 Å². The monoisotopic (exact) mass is 268 g/mol. The van der Waals surface area contributed by atoms with E-state index in [2.05, 4.69) is 24.1 Å². The highest BCUT2D eigenvalue weighted by Gasteiger charge is 2.34. The van der Waals surface area contributed by atoms with Crippen LogP contribution in [0.1, 0.15) is 46.5 Å². The minimum absolute atomic E-state index is 0.0798. The van der Waals surface area contributed by atoms with Gasteiger partial charge in [-0.25, -0.2) is 0 Å². The third-order valence-corrected chi connectivity index (χ3v) is 4.19. The van der Waals surface area contributed by atoms with Crippen molar-refractivity contribution < 1.29 is 9.53 Å². The molecule has 2 atom stereocenters. The van der Waals surface area contributed by atoms with Crippen molar-refractivity contribution in [3.8, 4) is 0 Å². The van der Waals surface area contributed by atoms with Crippen LogP contribution in [0.5, 0.6) is 0 Å². The zero-order valence-corrected chi connectivity index (χ0v) is 12.5.